The number of carbonyl (C=O) groups excluding carboxylic acids is 1. The van der Waals surface area contributed by atoms with Crippen molar-refractivity contribution in [2.45, 2.75) is 13.8 Å². The summed E-state index contributed by atoms with van der Waals surface area (Å²) in [5, 5.41) is 23.5. The van der Waals surface area contributed by atoms with Crippen LogP contribution in [0, 0.1) is 5.41 Å². The highest BCUT2D eigenvalue weighted by Crippen LogP contribution is 2.15. The second-order valence-electron chi connectivity index (χ2n) is 4.60. The van der Waals surface area contributed by atoms with Crippen LogP contribution in [-0.4, -0.2) is 28.6 Å². The van der Waals surface area contributed by atoms with Crippen LogP contribution >= 0.6 is 0 Å². The van der Waals surface area contributed by atoms with Crippen LogP contribution in [0.4, 0.5) is 0 Å². The van der Waals surface area contributed by atoms with Crippen LogP contribution in [-0.2, 0) is 0 Å². The maximum Gasteiger partial charge on any atom is 0.251 e. The summed E-state index contributed by atoms with van der Waals surface area (Å²) in [6, 6.07) is 6.02. The van der Waals surface area contributed by atoms with Gasteiger partial charge in [0.05, 0.1) is 0 Å². The molecule has 0 heterocycles. The van der Waals surface area contributed by atoms with Gasteiger partial charge >= 0.3 is 0 Å². The highest BCUT2D eigenvalue weighted by Gasteiger charge is 2.24. The first-order valence-electron chi connectivity index (χ1n) is 5.42. The van der Waals surface area contributed by atoms with Gasteiger partial charge in [0, 0.05) is 17.5 Å². The quantitative estimate of drug-likeness (QED) is 0.276. The molecule has 1 aromatic carbocycles. The lowest BCUT2D eigenvalue weighted by molar-refractivity contribution is 0.0944. The molecule has 0 aliphatic heterocycles. The van der Waals surface area contributed by atoms with Crippen LogP contribution in [0.2, 0.25) is 0 Å². The van der Waals surface area contributed by atoms with Crippen molar-refractivity contribution in [3.63, 3.8) is 0 Å². The molecule has 0 aliphatic rings. The number of hydrogen-bond donors (Lipinski definition) is 4. The van der Waals surface area contributed by atoms with Crippen LogP contribution in [0.15, 0.2) is 29.4 Å². The third-order valence-corrected chi connectivity index (χ3v) is 2.60. The number of nitrogens with zero attached hydrogens (tertiary/aromatic N) is 1. The second kappa shape index (κ2) is 5.39. The molecule has 1 rings (SSSR count). The van der Waals surface area contributed by atoms with E-state index in [-0.39, 0.29) is 24.0 Å². The van der Waals surface area contributed by atoms with Gasteiger partial charge in [0.25, 0.3) is 5.91 Å². The minimum atomic E-state index is -0.652. The van der Waals surface area contributed by atoms with E-state index in [0.717, 1.165) is 0 Å². The Balaban J connectivity index is 2.67. The van der Waals surface area contributed by atoms with Crippen LogP contribution in [0.1, 0.15) is 24.2 Å². The van der Waals surface area contributed by atoms with Gasteiger partial charge in [-0.15, -0.1) is 0 Å². The predicted molar refractivity (Wildman–Crippen MR) is 67.6 cm³/mol. The van der Waals surface area contributed by atoms with Gasteiger partial charge in [-0.25, -0.2) is 0 Å². The summed E-state index contributed by atoms with van der Waals surface area (Å²) in [6.45, 7) is 3.70. The SMILES string of the molecule is CC(C)(CNC(=O)c1cccc(O)c1)/C(N)=N/O. The molecule has 0 aromatic heterocycles. The summed E-state index contributed by atoms with van der Waals surface area (Å²) in [7, 11) is 0. The summed E-state index contributed by atoms with van der Waals surface area (Å²) in [5.41, 5.74) is 5.21. The molecule has 0 aliphatic carbocycles. The standard InChI is InChI=1S/C12H17N3O3/c1-12(2,11(13)15-18)7-14-10(17)8-4-3-5-9(16)6-8/h3-6,16,18H,7H2,1-2H3,(H2,13,15)(H,14,17). The van der Waals surface area contributed by atoms with Crippen LogP contribution in [0.3, 0.4) is 0 Å². The van der Waals surface area contributed by atoms with E-state index in [0.29, 0.717) is 5.56 Å². The number of nitrogens with two attached hydrogens (primary N) is 1. The molecule has 1 amide bonds. The third kappa shape index (κ3) is 3.38. The van der Waals surface area contributed by atoms with Gasteiger partial charge < -0.3 is 21.4 Å². The number of carbonyl (C=O) groups is 1. The Labute approximate surface area is 105 Å². The lowest BCUT2D eigenvalue weighted by Gasteiger charge is -2.23. The minimum Gasteiger partial charge on any atom is -0.508 e. The number of phenols is 1. The van der Waals surface area contributed by atoms with Gasteiger partial charge in [0.2, 0.25) is 0 Å². The molecule has 98 valence electrons. The van der Waals surface area contributed by atoms with E-state index in [1.807, 2.05) is 0 Å². The Morgan fingerprint density at radius 1 is 1.50 bits per heavy atom. The average Bonchev–Trinajstić information content (AvgIpc) is 2.35. The zero-order chi connectivity index (χ0) is 13.8. The number of nitrogens with one attached hydrogen (secondary N) is 1. The van der Waals surface area contributed by atoms with Crippen molar-refractivity contribution in [1.82, 2.24) is 5.32 Å². The fourth-order valence-corrected chi connectivity index (χ4v) is 1.28. The number of hydrogen-bond acceptors (Lipinski definition) is 4. The van der Waals surface area contributed by atoms with Crippen molar-refractivity contribution in [3.05, 3.63) is 29.8 Å². The van der Waals surface area contributed by atoms with E-state index < -0.39 is 5.41 Å². The third-order valence-electron chi connectivity index (χ3n) is 2.60. The number of aromatic hydroxyl groups is 1. The van der Waals surface area contributed by atoms with Crippen molar-refractivity contribution in [2.75, 3.05) is 6.54 Å². The molecule has 0 unspecified atom stereocenters. The molecule has 1 aromatic rings. The Kier molecular flexibility index (Phi) is 4.14. The summed E-state index contributed by atoms with van der Waals surface area (Å²) in [5.74, 6) is -0.262. The van der Waals surface area contributed by atoms with Crippen molar-refractivity contribution in [1.29, 1.82) is 0 Å². The largest absolute Gasteiger partial charge is 0.508 e. The predicted octanol–water partition coefficient (Wildman–Crippen LogP) is 0.895. The summed E-state index contributed by atoms with van der Waals surface area (Å²) < 4.78 is 0. The normalized spacial score (nSPS) is 12.2. The lowest BCUT2D eigenvalue weighted by Crippen LogP contribution is -2.42. The maximum absolute atomic E-state index is 11.8. The molecule has 18 heavy (non-hydrogen) atoms. The number of amidine groups is 1. The van der Waals surface area contributed by atoms with Crippen molar-refractivity contribution in [2.24, 2.45) is 16.3 Å². The lowest BCUT2D eigenvalue weighted by atomic mass is 9.92. The Hall–Kier alpha value is -2.24. The smallest absolute Gasteiger partial charge is 0.251 e. The summed E-state index contributed by atoms with van der Waals surface area (Å²) in [4.78, 5) is 11.8. The number of rotatable bonds is 4. The molecule has 0 bridgehead atoms. The van der Waals surface area contributed by atoms with Crippen molar-refractivity contribution >= 4 is 11.7 Å². The molecule has 0 spiro atoms. The van der Waals surface area contributed by atoms with E-state index in [1.165, 1.54) is 12.1 Å². The molecule has 0 saturated carbocycles. The molecule has 5 N–H and O–H groups in total. The fraction of sp³-hybridized carbons (Fsp3) is 0.333. The molecule has 0 fully saturated rings. The monoisotopic (exact) mass is 251 g/mol. The summed E-state index contributed by atoms with van der Waals surface area (Å²) in [6.07, 6.45) is 0. The van der Waals surface area contributed by atoms with Crippen molar-refractivity contribution in [3.8, 4) is 5.75 Å². The minimum absolute atomic E-state index is 0.0262. The van der Waals surface area contributed by atoms with Gasteiger partial charge in [0.15, 0.2) is 0 Å². The molecule has 0 radical (unpaired) electrons. The Morgan fingerprint density at radius 3 is 2.72 bits per heavy atom. The number of phenolic OH excluding ortho intramolecular Hbond substituents is 1. The number of amides is 1. The van der Waals surface area contributed by atoms with Crippen LogP contribution in [0.25, 0.3) is 0 Å². The molecule has 0 atom stereocenters. The molecular formula is C12H17N3O3. The average molecular weight is 251 g/mol. The first-order valence-corrected chi connectivity index (χ1v) is 5.42. The van der Waals surface area contributed by atoms with E-state index in [4.69, 9.17) is 10.9 Å². The molecule has 6 nitrogen and oxygen atoms in total. The maximum atomic E-state index is 11.8. The van der Waals surface area contributed by atoms with Crippen molar-refractivity contribution < 1.29 is 15.1 Å². The topological polar surface area (TPSA) is 108 Å². The van der Waals surface area contributed by atoms with E-state index in [9.17, 15) is 9.90 Å². The van der Waals surface area contributed by atoms with Gasteiger partial charge in [-0.2, -0.15) is 0 Å². The van der Waals surface area contributed by atoms with Gasteiger partial charge in [-0.05, 0) is 18.2 Å². The van der Waals surface area contributed by atoms with Crippen LogP contribution in [0.5, 0.6) is 5.75 Å². The molecule has 0 saturated heterocycles. The molecule has 6 heteroatoms. The summed E-state index contributed by atoms with van der Waals surface area (Å²) >= 11 is 0. The zero-order valence-corrected chi connectivity index (χ0v) is 10.3. The first-order chi connectivity index (χ1) is 8.36. The van der Waals surface area contributed by atoms with E-state index >= 15 is 0 Å². The number of oxime groups is 1. The first kappa shape index (κ1) is 13.8. The van der Waals surface area contributed by atoms with Gasteiger partial charge in [-0.1, -0.05) is 25.1 Å². The van der Waals surface area contributed by atoms with E-state index in [2.05, 4.69) is 10.5 Å². The highest BCUT2D eigenvalue weighted by atomic mass is 16.4. The second-order valence-corrected chi connectivity index (χ2v) is 4.60. The van der Waals surface area contributed by atoms with E-state index in [1.54, 1.807) is 26.0 Å². The van der Waals surface area contributed by atoms with Crippen LogP contribution < -0.4 is 11.1 Å². The highest BCUT2D eigenvalue weighted by molar-refractivity contribution is 5.95. The molecular weight excluding hydrogens is 234 g/mol. The van der Waals surface area contributed by atoms with Gasteiger partial charge in [0.1, 0.15) is 11.6 Å². The number of benzene rings is 1. The zero-order valence-electron chi connectivity index (χ0n) is 10.3. The Morgan fingerprint density at radius 2 is 2.17 bits per heavy atom. The van der Waals surface area contributed by atoms with Gasteiger partial charge in [-0.3, -0.25) is 4.79 Å². The Bertz CT molecular complexity index is 469. The fourth-order valence-electron chi connectivity index (χ4n) is 1.28.